The Hall–Kier alpha value is -1.14. The van der Waals surface area contributed by atoms with Crippen LogP contribution in [0.15, 0.2) is 0 Å². The molecule has 1 saturated heterocycles. The Morgan fingerprint density at radius 3 is 1.85 bits per heavy atom. The van der Waals surface area contributed by atoms with Gasteiger partial charge < -0.3 is 14.9 Å². The summed E-state index contributed by atoms with van der Waals surface area (Å²) in [6.45, 7) is 2.42. The number of carboxylic acid groups (broad SMARTS) is 2. The van der Waals surface area contributed by atoms with E-state index in [4.69, 9.17) is 14.9 Å². The third kappa shape index (κ3) is 13.8. The van der Waals surface area contributed by atoms with Crippen LogP contribution in [0.4, 0.5) is 0 Å². The number of hydrogen-bond acceptors (Lipinski definition) is 4. The van der Waals surface area contributed by atoms with Crippen LogP contribution < -0.4 is 5.32 Å². The standard InChI is InChI=1S/C4H7NO4.C3H6O/c6-3(7)1-5-2-4(8)9;1-3-2-4-3/h5H,1-2H2,(H,6,7)(H,8,9);3H,2H2,1H3. The van der Waals surface area contributed by atoms with Gasteiger partial charge in [0.2, 0.25) is 0 Å². The van der Waals surface area contributed by atoms with Gasteiger partial charge in [0.15, 0.2) is 0 Å². The minimum atomic E-state index is -1.06. The largest absolute Gasteiger partial charge is 0.480 e. The SMILES string of the molecule is CC1CO1.O=C(O)CNCC(=O)O. The number of aliphatic carboxylic acids is 2. The van der Waals surface area contributed by atoms with E-state index >= 15 is 0 Å². The van der Waals surface area contributed by atoms with Gasteiger partial charge in [-0.1, -0.05) is 0 Å². The lowest BCUT2D eigenvalue weighted by Crippen LogP contribution is -2.27. The van der Waals surface area contributed by atoms with Crippen molar-refractivity contribution in [1.82, 2.24) is 5.32 Å². The van der Waals surface area contributed by atoms with Crippen molar-refractivity contribution in [3.63, 3.8) is 0 Å². The second-order valence-corrected chi connectivity index (χ2v) is 2.53. The molecule has 0 bridgehead atoms. The number of hydrogen-bond donors (Lipinski definition) is 3. The maximum Gasteiger partial charge on any atom is 0.317 e. The summed E-state index contributed by atoms with van der Waals surface area (Å²) in [5, 5.41) is 18.1. The molecule has 0 spiro atoms. The molecule has 1 aliphatic rings. The van der Waals surface area contributed by atoms with Crippen LogP contribution in [0.5, 0.6) is 0 Å². The summed E-state index contributed by atoms with van der Waals surface area (Å²) in [5.74, 6) is -2.12. The topological polar surface area (TPSA) is 99.2 Å². The quantitative estimate of drug-likeness (QED) is 0.500. The molecule has 6 nitrogen and oxygen atoms in total. The normalized spacial score (nSPS) is 18.4. The van der Waals surface area contributed by atoms with Gasteiger partial charge in [-0.15, -0.1) is 0 Å². The van der Waals surface area contributed by atoms with E-state index in [-0.39, 0.29) is 13.1 Å². The van der Waals surface area contributed by atoms with E-state index in [0.29, 0.717) is 6.10 Å². The van der Waals surface area contributed by atoms with Gasteiger partial charge >= 0.3 is 11.9 Å². The van der Waals surface area contributed by atoms with Crippen LogP contribution in [0.1, 0.15) is 6.92 Å². The fraction of sp³-hybridized carbons (Fsp3) is 0.714. The average molecular weight is 191 g/mol. The highest BCUT2D eigenvalue weighted by atomic mass is 16.6. The fourth-order valence-electron chi connectivity index (χ4n) is 0.373. The summed E-state index contributed by atoms with van der Waals surface area (Å²) in [5.41, 5.74) is 0. The van der Waals surface area contributed by atoms with Gasteiger partial charge in [0.1, 0.15) is 0 Å². The van der Waals surface area contributed by atoms with Gasteiger partial charge in [-0.25, -0.2) is 0 Å². The predicted molar refractivity (Wildman–Crippen MR) is 43.6 cm³/mol. The maximum absolute atomic E-state index is 9.73. The first-order valence-corrected chi connectivity index (χ1v) is 3.78. The Kier molecular flexibility index (Phi) is 5.82. The Morgan fingerprint density at radius 1 is 1.38 bits per heavy atom. The van der Waals surface area contributed by atoms with Crippen molar-refractivity contribution in [1.29, 1.82) is 0 Å². The van der Waals surface area contributed by atoms with E-state index in [9.17, 15) is 9.59 Å². The van der Waals surface area contributed by atoms with Gasteiger partial charge in [0, 0.05) is 0 Å². The van der Waals surface area contributed by atoms with E-state index in [1.165, 1.54) is 0 Å². The van der Waals surface area contributed by atoms with Crippen LogP contribution in [-0.4, -0.2) is 48.0 Å². The van der Waals surface area contributed by atoms with E-state index in [1.807, 2.05) is 0 Å². The molecular weight excluding hydrogens is 178 g/mol. The van der Waals surface area contributed by atoms with Gasteiger partial charge in [0.05, 0.1) is 25.8 Å². The zero-order chi connectivity index (χ0) is 10.3. The molecule has 0 aromatic rings. The Bertz CT molecular complexity index is 164. The smallest absolute Gasteiger partial charge is 0.317 e. The minimum Gasteiger partial charge on any atom is -0.480 e. The first-order chi connectivity index (χ1) is 6.02. The van der Waals surface area contributed by atoms with Crippen LogP contribution in [0.2, 0.25) is 0 Å². The third-order valence-corrected chi connectivity index (χ3v) is 1.05. The summed E-state index contributed by atoms with van der Waals surface area (Å²) >= 11 is 0. The minimum absolute atomic E-state index is 0.313. The van der Waals surface area contributed by atoms with Crippen molar-refractivity contribution in [2.75, 3.05) is 19.7 Å². The van der Waals surface area contributed by atoms with E-state index < -0.39 is 11.9 Å². The number of ether oxygens (including phenoxy) is 1. The molecule has 0 saturated carbocycles. The van der Waals surface area contributed by atoms with Crippen LogP contribution in [0, 0.1) is 0 Å². The highest BCUT2D eigenvalue weighted by Crippen LogP contribution is 2.04. The van der Waals surface area contributed by atoms with E-state index in [0.717, 1.165) is 6.61 Å². The number of carboxylic acids is 2. The lowest BCUT2D eigenvalue weighted by Gasteiger charge is -1.93. The molecule has 1 heterocycles. The van der Waals surface area contributed by atoms with E-state index in [1.54, 1.807) is 0 Å². The molecule has 6 heteroatoms. The molecule has 0 aliphatic carbocycles. The van der Waals surface area contributed by atoms with Crippen molar-refractivity contribution >= 4 is 11.9 Å². The number of carbonyl (C=O) groups is 2. The molecule has 1 aliphatic heterocycles. The molecule has 3 N–H and O–H groups in total. The molecule has 0 aromatic carbocycles. The first kappa shape index (κ1) is 11.9. The molecule has 76 valence electrons. The highest BCUT2D eigenvalue weighted by Gasteiger charge is 2.13. The first-order valence-electron chi connectivity index (χ1n) is 3.78. The van der Waals surface area contributed by atoms with Crippen LogP contribution in [-0.2, 0) is 14.3 Å². The predicted octanol–water partition coefficient (Wildman–Crippen LogP) is -0.850. The molecule has 0 aromatic heterocycles. The van der Waals surface area contributed by atoms with Crippen LogP contribution in [0.25, 0.3) is 0 Å². The highest BCUT2D eigenvalue weighted by molar-refractivity contribution is 5.72. The Balaban J connectivity index is 0.000000293. The zero-order valence-electron chi connectivity index (χ0n) is 7.32. The summed E-state index contributed by atoms with van der Waals surface area (Å²) in [6, 6.07) is 0. The molecule has 1 unspecified atom stereocenters. The Labute approximate surface area is 75.5 Å². The molecule has 13 heavy (non-hydrogen) atoms. The van der Waals surface area contributed by atoms with E-state index in [2.05, 4.69) is 12.2 Å². The molecule has 1 rings (SSSR count). The summed E-state index contributed by atoms with van der Waals surface area (Å²) in [4.78, 5) is 19.5. The second kappa shape index (κ2) is 6.38. The monoisotopic (exact) mass is 191 g/mol. The second-order valence-electron chi connectivity index (χ2n) is 2.53. The van der Waals surface area contributed by atoms with Crippen molar-refractivity contribution in [2.24, 2.45) is 0 Å². The lowest BCUT2D eigenvalue weighted by atomic mass is 10.6. The average Bonchev–Trinajstić information content (AvgIpc) is 2.71. The maximum atomic E-state index is 9.73. The van der Waals surface area contributed by atoms with Crippen molar-refractivity contribution < 1.29 is 24.5 Å². The van der Waals surface area contributed by atoms with Crippen LogP contribution in [0.3, 0.4) is 0 Å². The molecule has 0 radical (unpaired) electrons. The zero-order valence-corrected chi connectivity index (χ0v) is 7.32. The third-order valence-electron chi connectivity index (χ3n) is 1.05. The van der Waals surface area contributed by atoms with Gasteiger partial charge in [-0.05, 0) is 6.92 Å². The van der Waals surface area contributed by atoms with Crippen LogP contribution >= 0.6 is 0 Å². The molecular formula is C7H13NO5. The van der Waals surface area contributed by atoms with Crippen molar-refractivity contribution in [2.45, 2.75) is 13.0 Å². The molecule has 1 fully saturated rings. The van der Waals surface area contributed by atoms with Gasteiger partial charge in [-0.2, -0.15) is 0 Å². The van der Waals surface area contributed by atoms with Crippen molar-refractivity contribution in [3.05, 3.63) is 0 Å². The fourth-order valence-corrected chi connectivity index (χ4v) is 0.373. The van der Waals surface area contributed by atoms with Gasteiger partial charge in [0.25, 0.3) is 0 Å². The number of epoxide rings is 1. The number of nitrogens with one attached hydrogen (secondary N) is 1. The number of rotatable bonds is 4. The summed E-state index contributed by atoms with van der Waals surface area (Å²) in [6.07, 6.45) is 0.583. The molecule has 1 atom stereocenters. The summed E-state index contributed by atoms with van der Waals surface area (Å²) in [7, 11) is 0. The molecule has 0 amide bonds. The van der Waals surface area contributed by atoms with Crippen molar-refractivity contribution in [3.8, 4) is 0 Å². The summed E-state index contributed by atoms with van der Waals surface area (Å²) < 4.78 is 4.71. The lowest BCUT2D eigenvalue weighted by molar-refractivity contribution is -0.137. The van der Waals surface area contributed by atoms with Gasteiger partial charge in [-0.3, -0.25) is 14.9 Å². The Morgan fingerprint density at radius 2 is 1.69 bits per heavy atom.